The lowest BCUT2D eigenvalue weighted by atomic mass is 9.60. The third-order valence-electron chi connectivity index (χ3n) is 27.0. The standard InChI is InChI=1S/C98H72N6/c1-47-37-58(46-100)38-48(2)82(47)62-32-35-80-72(41-62)93-88-52(6)86-55(9)94-89(74-40-61-19-11-12-20-64(61)91-73-42-63(33-36-81(73)103(94)97(74)91)101-76-24-16-13-21-65(76)66-22-14-17-25-77(66)101)53(7)84(86)50(4)69(88)44-75-90-54(8)83-49(3)68-43-70-67-23-15-18-26-78(67)102-79-34-31-60(59-29-27-57(45-99)28-30-59)39-71(79)92(96(70)102)87(68)51(5)85(83)56(10)95(90)104(80)98(75)93/h11-44,49-56H,1-10H3. The molecule has 8 unspecified atom stereocenters. The highest BCUT2D eigenvalue weighted by Crippen LogP contribution is 2.65. The van der Waals surface area contributed by atoms with Crippen LogP contribution in [-0.4, -0.2) is 17.8 Å². The zero-order valence-corrected chi connectivity index (χ0v) is 59.9. The molecule has 19 aromatic rings. The molecule has 6 nitrogen and oxygen atoms in total. The Labute approximate surface area is 601 Å². The van der Waals surface area contributed by atoms with E-state index in [1.807, 2.05) is 12.1 Å². The van der Waals surface area contributed by atoms with Gasteiger partial charge in [-0.2, -0.15) is 10.5 Å². The molecule has 0 saturated carbocycles. The number of hydrogen-bond acceptors (Lipinski definition) is 2. The first-order valence-electron chi connectivity index (χ1n) is 37.6. The second kappa shape index (κ2) is 20.0. The summed E-state index contributed by atoms with van der Waals surface area (Å²) in [6.45, 7) is 24.9. The average molecular weight is 1330 g/mol. The van der Waals surface area contributed by atoms with E-state index in [2.05, 4.69) is 293 Å². The quantitative estimate of drug-likeness (QED) is 0.165. The van der Waals surface area contributed by atoms with Gasteiger partial charge in [0, 0.05) is 129 Å². The van der Waals surface area contributed by atoms with Crippen molar-refractivity contribution in [3.05, 3.63) is 296 Å². The summed E-state index contributed by atoms with van der Waals surface area (Å²) in [5.74, 6) is 1.05. The molecule has 6 heteroatoms. The van der Waals surface area contributed by atoms with Crippen LogP contribution in [-0.2, 0) is 0 Å². The summed E-state index contributed by atoms with van der Waals surface area (Å²) in [5, 5.41) is 38.6. The molecule has 0 radical (unpaired) electrons. The van der Waals surface area contributed by atoms with Crippen LogP contribution < -0.4 is 0 Å². The van der Waals surface area contributed by atoms with Gasteiger partial charge in [-0.1, -0.05) is 181 Å². The third-order valence-corrected chi connectivity index (χ3v) is 27.0. The van der Waals surface area contributed by atoms with Gasteiger partial charge in [-0.15, -0.1) is 0 Å². The SMILES string of the molecule is Cc1cc(C#N)cc(C)c1-c1ccc2c(c1)c1c3c(cc4c5c(n2c41)C(C)C1=C(C(C)c2cc4c6ccccc6n6c7ccc(-c8ccc(C#N)cc8)cc7c(c2C1C)c46)C5C)C(C)C1=C(C3C)C(C)c2c(c3cc4ccccc4c4c5cc(-n6c7ccccc7c7ccccc76)ccc5n2c34)C1C. The summed E-state index contributed by atoms with van der Waals surface area (Å²) >= 11 is 0. The maximum atomic E-state index is 10.2. The van der Waals surface area contributed by atoms with E-state index in [1.165, 1.54) is 187 Å². The number of nitriles is 2. The lowest BCUT2D eigenvalue weighted by molar-refractivity contribution is 0.596. The Morgan fingerprint density at radius 3 is 1.31 bits per heavy atom. The fourth-order valence-corrected chi connectivity index (χ4v) is 23.3. The maximum Gasteiger partial charge on any atom is 0.0991 e. The van der Waals surface area contributed by atoms with Gasteiger partial charge >= 0.3 is 0 Å². The highest BCUT2D eigenvalue weighted by atomic mass is 15.0. The predicted octanol–water partition coefficient (Wildman–Crippen LogP) is 25.7. The Kier molecular flexibility index (Phi) is 11.3. The molecule has 12 aromatic carbocycles. The van der Waals surface area contributed by atoms with Crippen molar-refractivity contribution < 1.29 is 0 Å². The van der Waals surface area contributed by atoms with Crippen LogP contribution in [0.1, 0.15) is 170 Å². The van der Waals surface area contributed by atoms with Crippen molar-refractivity contribution in [3.8, 4) is 40.1 Å². The maximum absolute atomic E-state index is 10.2. The van der Waals surface area contributed by atoms with E-state index >= 15 is 0 Å². The van der Waals surface area contributed by atoms with Gasteiger partial charge in [-0.3, -0.25) is 0 Å². The van der Waals surface area contributed by atoms with Crippen LogP contribution >= 0.6 is 0 Å². The van der Waals surface area contributed by atoms with Gasteiger partial charge < -0.3 is 17.8 Å². The van der Waals surface area contributed by atoms with Crippen LogP contribution in [0.3, 0.4) is 0 Å². The molecule has 4 aliphatic carbocycles. The zero-order chi connectivity index (χ0) is 69.8. The molecule has 494 valence electrons. The molecule has 0 saturated heterocycles. The van der Waals surface area contributed by atoms with Crippen molar-refractivity contribution in [1.82, 2.24) is 17.8 Å². The van der Waals surface area contributed by atoms with Gasteiger partial charge in [0.05, 0.1) is 72.9 Å². The first-order chi connectivity index (χ1) is 50.7. The summed E-state index contributed by atoms with van der Waals surface area (Å²) in [6.07, 6.45) is 0. The van der Waals surface area contributed by atoms with Crippen LogP contribution in [0.5, 0.6) is 0 Å². The summed E-state index contributed by atoms with van der Waals surface area (Å²) in [5.41, 5.74) is 39.1. The summed E-state index contributed by atoms with van der Waals surface area (Å²) < 4.78 is 10.6. The molecule has 4 aliphatic rings. The van der Waals surface area contributed by atoms with E-state index in [4.69, 9.17) is 0 Å². The number of rotatable bonds is 3. The normalized spacial score (nSPS) is 20.3. The molecule has 8 atom stereocenters. The molecule has 0 fully saturated rings. The molecule has 0 spiro atoms. The van der Waals surface area contributed by atoms with Gasteiger partial charge in [0.2, 0.25) is 0 Å². The minimum atomic E-state index is 0.100. The fraction of sp³-hybridized carbons (Fsp3) is 0.184. The Bertz CT molecular complexity index is 7280. The van der Waals surface area contributed by atoms with E-state index in [9.17, 15) is 10.5 Å². The second-order valence-corrected chi connectivity index (χ2v) is 31.7. The van der Waals surface area contributed by atoms with Crippen molar-refractivity contribution in [2.75, 3.05) is 0 Å². The summed E-state index contributed by atoms with van der Waals surface area (Å²) in [4.78, 5) is 0. The Hall–Kier alpha value is -12.0. The van der Waals surface area contributed by atoms with Crippen molar-refractivity contribution >= 4 is 125 Å². The second-order valence-electron chi connectivity index (χ2n) is 31.7. The number of hydrogen-bond donors (Lipinski definition) is 0. The average Bonchev–Trinajstić information content (AvgIpc) is 1.50. The van der Waals surface area contributed by atoms with Gasteiger partial charge in [0.25, 0.3) is 0 Å². The molecular weight excluding hydrogens is 1260 g/mol. The van der Waals surface area contributed by atoms with Gasteiger partial charge in [-0.25, -0.2) is 0 Å². The number of allylic oxidation sites excluding steroid dienone is 4. The van der Waals surface area contributed by atoms with Crippen LogP contribution in [0.4, 0.5) is 0 Å². The van der Waals surface area contributed by atoms with Gasteiger partial charge in [-0.05, 0) is 195 Å². The lowest BCUT2D eigenvalue weighted by Gasteiger charge is -2.43. The summed E-state index contributed by atoms with van der Waals surface area (Å²) in [7, 11) is 0. The van der Waals surface area contributed by atoms with Crippen molar-refractivity contribution in [2.24, 2.45) is 0 Å². The van der Waals surface area contributed by atoms with E-state index < -0.39 is 0 Å². The number of aromatic nitrogens is 4. The Morgan fingerprint density at radius 1 is 0.298 bits per heavy atom. The Balaban J connectivity index is 0.746. The first-order valence-corrected chi connectivity index (χ1v) is 37.6. The monoisotopic (exact) mass is 1330 g/mol. The minimum Gasteiger partial charge on any atom is -0.311 e. The lowest BCUT2D eigenvalue weighted by Crippen LogP contribution is -2.27. The largest absolute Gasteiger partial charge is 0.311 e. The smallest absolute Gasteiger partial charge is 0.0991 e. The highest BCUT2D eigenvalue weighted by molar-refractivity contribution is 6.29. The molecule has 0 bridgehead atoms. The molecule has 0 N–H and O–H groups in total. The number of benzene rings is 12. The number of fused-ring (bicyclic) bond motifs is 27. The number of para-hydroxylation sites is 3. The van der Waals surface area contributed by atoms with E-state index in [-0.39, 0.29) is 47.3 Å². The molecule has 104 heavy (non-hydrogen) atoms. The van der Waals surface area contributed by atoms with Crippen LogP contribution in [0.15, 0.2) is 229 Å². The predicted molar refractivity (Wildman–Crippen MR) is 431 cm³/mol. The molecule has 7 aromatic heterocycles. The molecule has 0 amide bonds. The van der Waals surface area contributed by atoms with Crippen LogP contribution in [0.2, 0.25) is 0 Å². The first kappa shape index (κ1) is 58.7. The molecule has 23 rings (SSSR count). The number of aryl methyl sites for hydroxylation is 2. The number of nitrogens with zero attached hydrogens (tertiary/aromatic N) is 6. The molecule has 0 aliphatic heterocycles. The summed E-state index contributed by atoms with van der Waals surface area (Å²) in [6, 6.07) is 82.8. The van der Waals surface area contributed by atoms with Crippen molar-refractivity contribution in [3.63, 3.8) is 0 Å². The van der Waals surface area contributed by atoms with Crippen molar-refractivity contribution in [1.29, 1.82) is 10.5 Å². The zero-order valence-electron chi connectivity index (χ0n) is 59.9. The van der Waals surface area contributed by atoms with Gasteiger partial charge in [0.15, 0.2) is 0 Å². The van der Waals surface area contributed by atoms with Crippen LogP contribution in [0, 0.1) is 36.5 Å². The third kappa shape index (κ3) is 6.93. The van der Waals surface area contributed by atoms with E-state index in [1.54, 1.807) is 22.3 Å². The van der Waals surface area contributed by atoms with E-state index in [0.29, 0.717) is 11.1 Å². The van der Waals surface area contributed by atoms with E-state index in [0.717, 1.165) is 22.3 Å². The fourth-order valence-electron chi connectivity index (χ4n) is 23.3. The molecule has 7 heterocycles. The minimum absolute atomic E-state index is 0.100. The highest BCUT2D eigenvalue weighted by Gasteiger charge is 2.48. The molecular formula is C98H72N6. The van der Waals surface area contributed by atoms with Gasteiger partial charge in [0.1, 0.15) is 0 Å². The van der Waals surface area contributed by atoms with Crippen molar-refractivity contribution in [2.45, 2.75) is 117 Å². The van der Waals surface area contributed by atoms with Crippen LogP contribution in [0.25, 0.3) is 153 Å². The topological polar surface area (TPSA) is 65.7 Å². The Morgan fingerprint density at radius 2 is 0.721 bits per heavy atom.